The van der Waals surface area contributed by atoms with Gasteiger partial charge in [-0.05, 0) is 35.2 Å². The van der Waals surface area contributed by atoms with Crippen LogP contribution < -0.4 is 10.6 Å². The Hall–Kier alpha value is -3.62. The standard InChI is InChI=1S/C24H24N6O2/c1-29-22(14-31)21(11-28-29)15-2-3-17-10-27-20(7-18(17)6-15)9-23(32)16-4-5-26-24(8-16)30-12-19(25)13-30/h2-8,10-11,19,31H,9,12-14,25H2,1H3. The molecule has 0 saturated carbocycles. The van der Waals surface area contributed by atoms with E-state index in [0.29, 0.717) is 11.3 Å². The molecule has 32 heavy (non-hydrogen) atoms. The first kappa shape index (κ1) is 20.3. The second kappa shape index (κ2) is 8.14. The van der Waals surface area contributed by atoms with Crippen LogP contribution in [0.4, 0.5) is 5.82 Å². The minimum atomic E-state index is -0.0861. The molecule has 3 aromatic heterocycles. The smallest absolute Gasteiger partial charge is 0.169 e. The lowest BCUT2D eigenvalue weighted by Crippen LogP contribution is -2.56. The third kappa shape index (κ3) is 3.74. The van der Waals surface area contributed by atoms with Gasteiger partial charge in [0.25, 0.3) is 0 Å². The van der Waals surface area contributed by atoms with E-state index in [1.807, 2.05) is 37.4 Å². The number of ketones is 1. The first-order valence-electron chi connectivity index (χ1n) is 10.5. The van der Waals surface area contributed by atoms with Crippen LogP contribution in [0, 0.1) is 0 Å². The number of carbonyl (C=O) groups excluding carboxylic acids is 1. The van der Waals surface area contributed by atoms with Crippen LogP contribution in [0.5, 0.6) is 0 Å². The van der Waals surface area contributed by atoms with Crippen molar-refractivity contribution in [3.8, 4) is 11.1 Å². The molecule has 0 atom stereocenters. The van der Waals surface area contributed by atoms with Crippen LogP contribution in [0.15, 0.2) is 55.0 Å². The zero-order chi connectivity index (χ0) is 22.2. The number of aryl methyl sites for hydroxylation is 1. The van der Waals surface area contributed by atoms with E-state index < -0.39 is 0 Å². The maximum absolute atomic E-state index is 12.9. The molecule has 1 aromatic carbocycles. The molecule has 5 rings (SSSR count). The summed E-state index contributed by atoms with van der Waals surface area (Å²) < 4.78 is 1.67. The first-order chi connectivity index (χ1) is 15.5. The van der Waals surface area contributed by atoms with E-state index in [4.69, 9.17) is 5.73 Å². The average Bonchev–Trinajstić information content (AvgIpc) is 3.17. The number of aliphatic hydroxyl groups is 1. The Morgan fingerprint density at radius 3 is 2.75 bits per heavy atom. The quantitative estimate of drug-likeness (QED) is 0.453. The molecule has 4 heterocycles. The van der Waals surface area contributed by atoms with Crippen molar-refractivity contribution in [1.29, 1.82) is 0 Å². The molecule has 1 aliphatic rings. The zero-order valence-corrected chi connectivity index (χ0v) is 17.8. The van der Waals surface area contributed by atoms with E-state index in [1.165, 1.54) is 0 Å². The molecule has 0 aliphatic carbocycles. The molecule has 0 radical (unpaired) electrons. The molecule has 8 nitrogen and oxygen atoms in total. The highest BCUT2D eigenvalue weighted by atomic mass is 16.3. The van der Waals surface area contributed by atoms with Crippen molar-refractivity contribution in [3.05, 3.63) is 71.9 Å². The minimum Gasteiger partial charge on any atom is -0.390 e. The molecule has 1 saturated heterocycles. The Kier molecular flexibility index (Phi) is 5.16. The molecule has 0 bridgehead atoms. The second-order valence-corrected chi connectivity index (χ2v) is 8.19. The van der Waals surface area contributed by atoms with Crippen LogP contribution in [-0.2, 0) is 20.1 Å². The fraction of sp³-hybridized carbons (Fsp3) is 0.250. The number of carbonyl (C=O) groups is 1. The largest absolute Gasteiger partial charge is 0.390 e. The Morgan fingerprint density at radius 1 is 1.12 bits per heavy atom. The van der Waals surface area contributed by atoms with E-state index in [2.05, 4.69) is 20.0 Å². The summed E-state index contributed by atoms with van der Waals surface area (Å²) in [5.74, 6) is 0.779. The lowest BCUT2D eigenvalue weighted by molar-refractivity contribution is 0.0992. The molecule has 1 aliphatic heterocycles. The number of Topliss-reactive ketones (excluding diaryl/α,β-unsaturated/α-hetero) is 1. The van der Waals surface area contributed by atoms with Crippen LogP contribution in [0.1, 0.15) is 21.7 Å². The molecule has 162 valence electrons. The number of nitrogens with zero attached hydrogens (tertiary/aromatic N) is 5. The number of pyridine rings is 2. The van der Waals surface area contributed by atoms with Gasteiger partial charge < -0.3 is 15.7 Å². The number of nitrogens with two attached hydrogens (primary N) is 1. The Morgan fingerprint density at radius 2 is 1.97 bits per heavy atom. The van der Waals surface area contributed by atoms with Crippen LogP contribution >= 0.6 is 0 Å². The van der Waals surface area contributed by atoms with Gasteiger partial charge in [-0.15, -0.1) is 0 Å². The van der Waals surface area contributed by atoms with Gasteiger partial charge in [-0.3, -0.25) is 14.5 Å². The van der Waals surface area contributed by atoms with E-state index in [9.17, 15) is 9.90 Å². The van der Waals surface area contributed by atoms with Gasteiger partial charge in [-0.1, -0.05) is 12.1 Å². The van der Waals surface area contributed by atoms with Gasteiger partial charge in [0, 0.05) is 60.8 Å². The molecular weight excluding hydrogens is 404 g/mol. The van der Waals surface area contributed by atoms with Gasteiger partial charge in [-0.2, -0.15) is 5.10 Å². The normalized spacial score (nSPS) is 14.0. The lowest BCUT2D eigenvalue weighted by atomic mass is 10.0. The van der Waals surface area contributed by atoms with Gasteiger partial charge in [0.2, 0.25) is 0 Å². The molecular formula is C24H24N6O2. The van der Waals surface area contributed by atoms with Crippen molar-refractivity contribution < 1.29 is 9.90 Å². The number of anilines is 1. The van der Waals surface area contributed by atoms with Crippen molar-refractivity contribution in [2.45, 2.75) is 19.1 Å². The van der Waals surface area contributed by atoms with Crippen molar-refractivity contribution >= 4 is 22.4 Å². The highest BCUT2D eigenvalue weighted by Gasteiger charge is 2.24. The summed E-state index contributed by atoms with van der Waals surface area (Å²) in [6, 6.07) is 11.7. The summed E-state index contributed by atoms with van der Waals surface area (Å²) in [6.07, 6.45) is 5.42. The lowest BCUT2D eigenvalue weighted by Gasteiger charge is -2.37. The van der Waals surface area contributed by atoms with Gasteiger partial charge in [0.15, 0.2) is 5.78 Å². The van der Waals surface area contributed by atoms with E-state index in [1.54, 1.807) is 29.3 Å². The number of benzene rings is 1. The van der Waals surface area contributed by atoms with Gasteiger partial charge >= 0.3 is 0 Å². The maximum atomic E-state index is 12.9. The van der Waals surface area contributed by atoms with Gasteiger partial charge in [-0.25, -0.2) is 4.98 Å². The van der Waals surface area contributed by atoms with E-state index in [-0.39, 0.29) is 24.9 Å². The summed E-state index contributed by atoms with van der Waals surface area (Å²) in [5.41, 5.74) is 9.79. The predicted molar refractivity (Wildman–Crippen MR) is 122 cm³/mol. The molecule has 4 aromatic rings. The van der Waals surface area contributed by atoms with Crippen LogP contribution in [0.3, 0.4) is 0 Å². The summed E-state index contributed by atoms with van der Waals surface area (Å²) in [4.78, 5) is 23.8. The third-order valence-electron chi connectivity index (χ3n) is 5.94. The number of rotatable bonds is 6. The van der Waals surface area contributed by atoms with Gasteiger partial charge in [0.1, 0.15) is 5.82 Å². The average molecular weight is 428 g/mol. The maximum Gasteiger partial charge on any atom is 0.169 e. The highest BCUT2D eigenvalue weighted by molar-refractivity contribution is 5.98. The molecule has 0 unspecified atom stereocenters. The Labute approximate surface area is 185 Å². The summed E-state index contributed by atoms with van der Waals surface area (Å²) >= 11 is 0. The van der Waals surface area contributed by atoms with Crippen molar-refractivity contribution in [1.82, 2.24) is 19.7 Å². The van der Waals surface area contributed by atoms with Crippen LogP contribution in [0.25, 0.3) is 21.9 Å². The summed E-state index contributed by atoms with van der Waals surface area (Å²) in [5, 5.41) is 15.9. The van der Waals surface area contributed by atoms with Crippen LogP contribution in [0.2, 0.25) is 0 Å². The molecule has 0 amide bonds. The minimum absolute atomic E-state index is 0.00342. The highest BCUT2D eigenvalue weighted by Crippen LogP contribution is 2.27. The van der Waals surface area contributed by atoms with Crippen molar-refractivity contribution in [2.75, 3.05) is 18.0 Å². The van der Waals surface area contributed by atoms with Crippen molar-refractivity contribution in [3.63, 3.8) is 0 Å². The topological polar surface area (TPSA) is 110 Å². The van der Waals surface area contributed by atoms with E-state index >= 15 is 0 Å². The zero-order valence-electron chi connectivity index (χ0n) is 17.8. The summed E-state index contributed by atoms with van der Waals surface area (Å²) in [6.45, 7) is 1.43. The van der Waals surface area contributed by atoms with E-state index in [0.717, 1.165) is 46.5 Å². The molecule has 1 fully saturated rings. The fourth-order valence-corrected chi connectivity index (χ4v) is 4.07. The summed E-state index contributed by atoms with van der Waals surface area (Å²) in [7, 11) is 1.81. The number of fused-ring (bicyclic) bond motifs is 1. The van der Waals surface area contributed by atoms with Crippen LogP contribution in [-0.4, -0.2) is 49.8 Å². The Bertz CT molecular complexity index is 1310. The Balaban J connectivity index is 1.40. The molecule has 8 heteroatoms. The van der Waals surface area contributed by atoms with Crippen molar-refractivity contribution in [2.24, 2.45) is 12.8 Å². The predicted octanol–water partition coefficient (Wildman–Crippen LogP) is 2.10. The number of hydrogen-bond donors (Lipinski definition) is 2. The third-order valence-corrected chi connectivity index (χ3v) is 5.94. The molecule has 0 spiro atoms. The second-order valence-electron chi connectivity index (χ2n) is 8.19. The number of hydrogen-bond acceptors (Lipinski definition) is 7. The fourth-order valence-electron chi connectivity index (χ4n) is 4.07. The monoisotopic (exact) mass is 428 g/mol. The number of aliphatic hydroxyl groups excluding tert-OH is 1. The molecule has 3 N–H and O–H groups in total. The SMILES string of the molecule is Cn1ncc(-c2ccc3cnc(CC(=O)c4ccnc(N5CC(N)C5)c4)cc3c2)c1CO. The first-order valence-corrected chi connectivity index (χ1v) is 10.5. The number of aromatic nitrogens is 4. The van der Waals surface area contributed by atoms with Gasteiger partial charge in [0.05, 0.1) is 24.9 Å².